The number of aromatic hydroxyl groups is 1. The first kappa shape index (κ1) is 17.7. The largest absolute Gasteiger partial charge is 0.507 e. The van der Waals surface area contributed by atoms with E-state index in [0.29, 0.717) is 22.8 Å². The first-order valence-corrected chi connectivity index (χ1v) is 7.18. The summed E-state index contributed by atoms with van der Waals surface area (Å²) >= 11 is 5.97. The predicted molar refractivity (Wildman–Crippen MR) is 85.2 cm³/mol. The smallest absolute Gasteiger partial charge is 0.258 e. The SMILES string of the molecule is Cc1ccc(NC(=O)CNC(=O)c2c(O)cc(F)cc2F)c(Cl)c1. The molecular formula is C16H13ClF2N2O3. The van der Waals surface area contributed by atoms with Gasteiger partial charge in [0.2, 0.25) is 5.91 Å². The summed E-state index contributed by atoms with van der Waals surface area (Å²) in [6, 6.07) is 6.06. The fourth-order valence-electron chi connectivity index (χ4n) is 1.95. The lowest BCUT2D eigenvalue weighted by Gasteiger charge is -2.10. The number of benzene rings is 2. The van der Waals surface area contributed by atoms with Crippen LogP contribution >= 0.6 is 11.6 Å². The van der Waals surface area contributed by atoms with Crippen LogP contribution in [-0.4, -0.2) is 23.5 Å². The second-order valence-electron chi connectivity index (χ2n) is 5.00. The molecule has 0 heterocycles. The van der Waals surface area contributed by atoms with E-state index in [1.807, 2.05) is 6.92 Å². The standard InChI is InChI=1S/C16H13ClF2N2O3/c1-8-2-3-12(10(17)4-8)21-14(23)7-20-16(24)15-11(19)5-9(18)6-13(15)22/h2-6,22H,7H2,1H3,(H,20,24)(H,21,23). The number of nitrogens with one attached hydrogen (secondary N) is 2. The van der Waals surface area contributed by atoms with Gasteiger partial charge in [-0.25, -0.2) is 8.78 Å². The summed E-state index contributed by atoms with van der Waals surface area (Å²) in [6.45, 7) is 1.35. The lowest BCUT2D eigenvalue weighted by molar-refractivity contribution is -0.115. The number of anilines is 1. The van der Waals surface area contributed by atoms with Crippen LogP contribution < -0.4 is 10.6 Å². The second-order valence-corrected chi connectivity index (χ2v) is 5.40. The third-order valence-corrected chi connectivity index (χ3v) is 3.38. The average Bonchev–Trinajstić information content (AvgIpc) is 2.47. The van der Waals surface area contributed by atoms with E-state index in [1.165, 1.54) is 0 Å². The summed E-state index contributed by atoms with van der Waals surface area (Å²) in [6.07, 6.45) is 0. The number of halogens is 3. The Bertz CT molecular complexity index is 789. The van der Waals surface area contributed by atoms with Crippen molar-refractivity contribution in [3.63, 3.8) is 0 Å². The van der Waals surface area contributed by atoms with Gasteiger partial charge >= 0.3 is 0 Å². The van der Waals surface area contributed by atoms with E-state index < -0.39 is 41.3 Å². The molecule has 2 rings (SSSR count). The predicted octanol–water partition coefficient (Wildman–Crippen LogP) is 3.00. The molecule has 0 saturated carbocycles. The maximum absolute atomic E-state index is 13.5. The van der Waals surface area contributed by atoms with Crippen LogP contribution in [0.15, 0.2) is 30.3 Å². The summed E-state index contributed by atoms with van der Waals surface area (Å²) in [7, 11) is 0. The van der Waals surface area contributed by atoms with Gasteiger partial charge in [0.1, 0.15) is 22.9 Å². The Morgan fingerprint density at radius 1 is 1.21 bits per heavy atom. The van der Waals surface area contributed by atoms with Crippen LogP contribution in [0.5, 0.6) is 5.75 Å². The van der Waals surface area contributed by atoms with Crippen molar-refractivity contribution >= 4 is 29.1 Å². The molecule has 0 aliphatic rings. The zero-order valence-electron chi connectivity index (χ0n) is 12.5. The van der Waals surface area contributed by atoms with Gasteiger partial charge in [0.25, 0.3) is 5.91 Å². The normalized spacial score (nSPS) is 10.3. The Morgan fingerprint density at radius 3 is 2.54 bits per heavy atom. The third-order valence-electron chi connectivity index (χ3n) is 3.07. The van der Waals surface area contributed by atoms with Crippen molar-refractivity contribution in [1.29, 1.82) is 0 Å². The molecule has 126 valence electrons. The number of aryl methyl sites for hydroxylation is 1. The van der Waals surface area contributed by atoms with Crippen molar-refractivity contribution in [2.45, 2.75) is 6.92 Å². The van der Waals surface area contributed by atoms with Crippen molar-refractivity contribution in [3.8, 4) is 5.75 Å². The topological polar surface area (TPSA) is 78.4 Å². The molecule has 0 unspecified atom stereocenters. The molecule has 24 heavy (non-hydrogen) atoms. The highest BCUT2D eigenvalue weighted by Gasteiger charge is 2.19. The fourth-order valence-corrected chi connectivity index (χ4v) is 2.23. The zero-order valence-corrected chi connectivity index (χ0v) is 13.2. The highest BCUT2D eigenvalue weighted by Crippen LogP contribution is 2.23. The van der Waals surface area contributed by atoms with Gasteiger partial charge in [-0.15, -0.1) is 0 Å². The van der Waals surface area contributed by atoms with Gasteiger partial charge in [-0.2, -0.15) is 0 Å². The van der Waals surface area contributed by atoms with E-state index in [9.17, 15) is 23.5 Å². The van der Waals surface area contributed by atoms with E-state index in [1.54, 1.807) is 18.2 Å². The summed E-state index contributed by atoms with van der Waals surface area (Å²) < 4.78 is 26.4. The first-order chi connectivity index (χ1) is 11.3. The molecule has 0 radical (unpaired) electrons. The Morgan fingerprint density at radius 2 is 1.92 bits per heavy atom. The summed E-state index contributed by atoms with van der Waals surface area (Å²) in [5.41, 5.74) is 0.531. The zero-order chi connectivity index (χ0) is 17.9. The van der Waals surface area contributed by atoms with Crippen molar-refractivity contribution in [1.82, 2.24) is 5.32 Å². The molecule has 5 nitrogen and oxygen atoms in total. The molecule has 2 aromatic rings. The van der Waals surface area contributed by atoms with Crippen LogP contribution in [0.25, 0.3) is 0 Å². The van der Waals surface area contributed by atoms with Gasteiger partial charge < -0.3 is 15.7 Å². The number of carbonyl (C=O) groups is 2. The minimum Gasteiger partial charge on any atom is -0.507 e. The highest BCUT2D eigenvalue weighted by molar-refractivity contribution is 6.33. The van der Waals surface area contributed by atoms with Crippen LogP contribution in [0.4, 0.5) is 14.5 Å². The molecule has 8 heteroatoms. The molecular weight excluding hydrogens is 342 g/mol. The first-order valence-electron chi connectivity index (χ1n) is 6.80. The maximum atomic E-state index is 13.5. The molecule has 0 aromatic heterocycles. The Labute approximate surface area is 141 Å². The van der Waals surface area contributed by atoms with Crippen LogP contribution in [0.2, 0.25) is 5.02 Å². The lowest BCUT2D eigenvalue weighted by Crippen LogP contribution is -2.33. The minimum atomic E-state index is -1.23. The van der Waals surface area contributed by atoms with Crippen LogP contribution in [0, 0.1) is 18.6 Å². The van der Waals surface area contributed by atoms with E-state index in [0.717, 1.165) is 5.56 Å². The van der Waals surface area contributed by atoms with Crippen molar-refractivity contribution in [3.05, 3.63) is 58.1 Å². The molecule has 0 bridgehead atoms. The second kappa shape index (κ2) is 7.27. The summed E-state index contributed by atoms with van der Waals surface area (Å²) in [5, 5.41) is 14.4. The van der Waals surface area contributed by atoms with Gasteiger partial charge in [-0.05, 0) is 24.6 Å². The number of phenolic OH excluding ortho intramolecular Hbond substituents is 1. The molecule has 2 aromatic carbocycles. The summed E-state index contributed by atoms with van der Waals surface area (Å²) in [5.74, 6) is -4.75. The Balaban J connectivity index is 2.00. The van der Waals surface area contributed by atoms with Gasteiger partial charge in [0.15, 0.2) is 0 Å². The molecule has 0 fully saturated rings. The lowest BCUT2D eigenvalue weighted by atomic mass is 10.1. The minimum absolute atomic E-state index is 0.330. The van der Waals surface area contributed by atoms with Crippen LogP contribution in [0.3, 0.4) is 0 Å². The van der Waals surface area contributed by atoms with Gasteiger partial charge in [0.05, 0.1) is 17.3 Å². The van der Waals surface area contributed by atoms with E-state index >= 15 is 0 Å². The Kier molecular flexibility index (Phi) is 5.35. The fraction of sp³-hybridized carbons (Fsp3) is 0.125. The van der Waals surface area contributed by atoms with E-state index in [-0.39, 0.29) is 0 Å². The quantitative estimate of drug-likeness (QED) is 0.789. The number of amides is 2. The van der Waals surface area contributed by atoms with Crippen molar-refractivity contribution < 1.29 is 23.5 Å². The number of hydrogen-bond donors (Lipinski definition) is 3. The Hall–Kier alpha value is -2.67. The summed E-state index contributed by atoms with van der Waals surface area (Å²) in [4.78, 5) is 23.6. The molecule has 2 amide bonds. The number of hydrogen-bond acceptors (Lipinski definition) is 3. The van der Waals surface area contributed by atoms with Crippen molar-refractivity contribution in [2.24, 2.45) is 0 Å². The monoisotopic (exact) mass is 354 g/mol. The van der Waals surface area contributed by atoms with Gasteiger partial charge in [-0.1, -0.05) is 17.7 Å². The van der Waals surface area contributed by atoms with E-state index in [4.69, 9.17) is 11.6 Å². The molecule has 0 spiro atoms. The van der Waals surface area contributed by atoms with E-state index in [2.05, 4.69) is 10.6 Å². The van der Waals surface area contributed by atoms with Gasteiger partial charge in [0, 0.05) is 12.1 Å². The number of carbonyl (C=O) groups excluding carboxylic acids is 2. The maximum Gasteiger partial charge on any atom is 0.258 e. The average molecular weight is 355 g/mol. The van der Waals surface area contributed by atoms with Crippen molar-refractivity contribution in [2.75, 3.05) is 11.9 Å². The third kappa shape index (κ3) is 4.20. The molecule has 0 aliphatic heterocycles. The highest BCUT2D eigenvalue weighted by atomic mass is 35.5. The molecule has 0 aliphatic carbocycles. The van der Waals surface area contributed by atoms with Crippen LogP contribution in [0.1, 0.15) is 15.9 Å². The molecule has 0 atom stereocenters. The van der Waals surface area contributed by atoms with Gasteiger partial charge in [-0.3, -0.25) is 9.59 Å². The molecule has 3 N–H and O–H groups in total. The number of rotatable bonds is 4. The molecule has 0 saturated heterocycles. The van der Waals surface area contributed by atoms with Crippen LogP contribution in [-0.2, 0) is 4.79 Å². The number of phenols is 1.